The van der Waals surface area contributed by atoms with Gasteiger partial charge in [-0.1, -0.05) is 0 Å². The molecule has 3 aromatic heterocycles. The first-order chi connectivity index (χ1) is 8.72. The molecule has 0 radical (unpaired) electrons. The van der Waals surface area contributed by atoms with Crippen LogP contribution in [0, 0.1) is 6.92 Å². The lowest BCUT2D eigenvalue weighted by Gasteiger charge is -2.05. The maximum atomic E-state index is 6.12. The molecule has 3 heterocycles. The number of aromatic nitrogens is 5. The summed E-state index contributed by atoms with van der Waals surface area (Å²) in [5.74, 6) is 0.748. The van der Waals surface area contributed by atoms with Gasteiger partial charge in [-0.05, 0) is 18.6 Å². The van der Waals surface area contributed by atoms with Crippen molar-refractivity contribution in [3.8, 4) is 0 Å². The molecule has 3 rings (SSSR count). The van der Waals surface area contributed by atoms with Gasteiger partial charge in [-0.15, -0.1) is 0 Å². The van der Waals surface area contributed by atoms with Gasteiger partial charge in [0.15, 0.2) is 5.65 Å². The van der Waals surface area contributed by atoms with Crippen LogP contribution in [0.25, 0.3) is 11.2 Å². The van der Waals surface area contributed by atoms with Crippen molar-refractivity contribution in [2.45, 2.75) is 19.4 Å². The third kappa shape index (κ3) is 1.98. The average Bonchev–Trinajstić information content (AvgIpc) is 2.96. The summed E-state index contributed by atoms with van der Waals surface area (Å²) in [4.78, 5) is 18.9. The Hall–Kier alpha value is -2.21. The molecule has 3 aromatic rings. The Balaban J connectivity index is 1.89. The van der Waals surface area contributed by atoms with Crippen molar-refractivity contribution in [2.24, 2.45) is 5.73 Å². The maximum Gasteiger partial charge on any atom is 0.177 e. The molecular formula is C12H14N6. The van der Waals surface area contributed by atoms with Crippen LogP contribution in [0.2, 0.25) is 0 Å². The molecule has 1 unspecified atom stereocenters. The Labute approximate surface area is 104 Å². The topological polar surface area (TPSA) is 96.3 Å². The number of nitrogens with one attached hydrogen (secondary N) is 2. The lowest BCUT2D eigenvalue weighted by Crippen LogP contribution is -2.15. The van der Waals surface area contributed by atoms with Crippen LogP contribution in [0.1, 0.15) is 23.1 Å². The van der Waals surface area contributed by atoms with E-state index in [0.29, 0.717) is 12.1 Å². The third-order valence-electron chi connectivity index (χ3n) is 2.84. The summed E-state index contributed by atoms with van der Waals surface area (Å²) < 4.78 is 0. The van der Waals surface area contributed by atoms with E-state index in [9.17, 15) is 0 Å². The van der Waals surface area contributed by atoms with Gasteiger partial charge in [-0.25, -0.2) is 15.0 Å². The van der Waals surface area contributed by atoms with Crippen LogP contribution in [-0.2, 0) is 6.42 Å². The van der Waals surface area contributed by atoms with E-state index in [1.54, 1.807) is 18.7 Å². The Morgan fingerprint density at radius 2 is 2.28 bits per heavy atom. The zero-order chi connectivity index (χ0) is 12.5. The second kappa shape index (κ2) is 4.23. The van der Waals surface area contributed by atoms with E-state index in [4.69, 9.17) is 5.73 Å². The van der Waals surface area contributed by atoms with Crippen molar-refractivity contribution in [2.75, 3.05) is 0 Å². The van der Waals surface area contributed by atoms with Gasteiger partial charge in [0, 0.05) is 24.5 Å². The number of pyridine rings is 1. The molecule has 0 aliphatic heterocycles. The number of rotatable bonds is 3. The molecule has 0 aliphatic rings. The maximum absolute atomic E-state index is 6.12. The van der Waals surface area contributed by atoms with Crippen molar-refractivity contribution < 1.29 is 0 Å². The van der Waals surface area contributed by atoms with Crippen molar-refractivity contribution >= 4 is 11.2 Å². The van der Waals surface area contributed by atoms with Gasteiger partial charge in [0.25, 0.3) is 0 Å². The largest absolute Gasteiger partial charge is 0.348 e. The Kier molecular flexibility index (Phi) is 2.56. The van der Waals surface area contributed by atoms with Gasteiger partial charge in [-0.2, -0.15) is 0 Å². The van der Waals surface area contributed by atoms with E-state index in [0.717, 1.165) is 22.6 Å². The standard InChI is InChI=1S/C12H14N6/c1-7-2-10-12(15-4-7)18-11(17-10)9(13)3-8-5-14-6-16-8/h2,4-6,9H,3,13H2,1H3,(H,14,16)(H,15,17,18). The minimum Gasteiger partial charge on any atom is -0.348 e. The molecule has 0 spiro atoms. The fourth-order valence-corrected chi connectivity index (χ4v) is 1.93. The summed E-state index contributed by atoms with van der Waals surface area (Å²) in [6.07, 6.45) is 5.88. The van der Waals surface area contributed by atoms with Crippen LogP contribution in [-0.4, -0.2) is 24.9 Å². The number of aromatic amines is 2. The summed E-state index contributed by atoms with van der Waals surface area (Å²) in [6.45, 7) is 2.00. The van der Waals surface area contributed by atoms with E-state index in [2.05, 4.69) is 24.9 Å². The molecule has 0 aliphatic carbocycles. The zero-order valence-electron chi connectivity index (χ0n) is 10.0. The average molecular weight is 242 g/mol. The van der Waals surface area contributed by atoms with E-state index in [-0.39, 0.29) is 6.04 Å². The molecule has 0 amide bonds. The highest BCUT2D eigenvalue weighted by molar-refractivity contribution is 5.71. The second-order valence-electron chi connectivity index (χ2n) is 4.39. The van der Waals surface area contributed by atoms with Gasteiger partial charge >= 0.3 is 0 Å². The molecular weight excluding hydrogens is 228 g/mol. The quantitative estimate of drug-likeness (QED) is 0.643. The number of nitrogens with two attached hydrogens (primary N) is 1. The zero-order valence-corrected chi connectivity index (χ0v) is 10.0. The summed E-state index contributed by atoms with van der Waals surface area (Å²) in [5.41, 5.74) is 9.83. The van der Waals surface area contributed by atoms with Gasteiger partial charge in [0.05, 0.1) is 17.9 Å². The number of hydrogen-bond donors (Lipinski definition) is 3. The molecule has 0 fully saturated rings. The van der Waals surface area contributed by atoms with Crippen molar-refractivity contribution in [3.05, 3.63) is 41.9 Å². The monoisotopic (exact) mass is 242 g/mol. The van der Waals surface area contributed by atoms with Gasteiger partial charge in [0.2, 0.25) is 0 Å². The number of imidazole rings is 2. The number of fused-ring (bicyclic) bond motifs is 1. The third-order valence-corrected chi connectivity index (χ3v) is 2.84. The van der Waals surface area contributed by atoms with Gasteiger partial charge in [-0.3, -0.25) is 0 Å². The molecule has 0 bridgehead atoms. The number of H-pyrrole nitrogens is 2. The van der Waals surface area contributed by atoms with E-state index >= 15 is 0 Å². The Bertz CT molecular complexity index is 654. The highest BCUT2D eigenvalue weighted by Crippen LogP contribution is 2.16. The summed E-state index contributed by atoms with van der Waals surface area (Å²) >= 11 is 0. The van der Waals surface area contributed by atoms with E-state index in [1.807, 2.05) is 13.0 Å². The predicted octanol–water partition coefficient (Wildman–Crippen LogP) is 1.23. The minimum atomic E-state index is -0.194. The van der Waals surface area contributed by atoms with Crippen LogP contribution in [0.15, 0.2) is 24.8 Å². The number of aryl methyl sites for hydroxylation is 1. The summed E-state index contributed by atoms with van der Waals surface area (Å²) in [6, 6.07) is 1.82. The summed E-state index contributed by atoms with van der Waals surface area (Å²) in [7, 11) is 0. The summed E-state index contributed by atoms with van der Waals surface area (Å²) in [5, 5.41) is 0. The van der Waals surface area contributed by atoms with E-state index < -0.39 is 0 Å². The highest BCUT2D eigenvalue weighted by atomic mass is 15.0. The number of hydrogen-bond acceptors (Lipinski definition) is 4. The molecule has 0 saturated heterocycles. The molecule has 0 aromatic carbocycles. The van der Waals surface area contributed by atoms with Crippen LogP contribution >= 0.6 is 0 Å². The molecule has 92 valence electrons. The Morgan fingerprint density at radius 3 is 3.06 bits per heavy atom. The molecule has 0 saturated carbocycles. The SMILES string of the molecule is Cc1cnc2nc(C(N)Cc3cnc[nH]3)[nH]c2c1. The molecule has 1 atom stereocenters. The van der Waals surface area contributed by atoms with Crippen LogP contribution < -0.4 is 5.73 Å². The Morgan fingerprint density at radius 1 is 1.39 bits per heavy atom. The number of nitrogens with zero attached hydrogens (tertiary/aromatic N) is 3. The van der Waals surface area contributed by atoms with Crippen LogP contribution in [0.4, 0.5) is 0 Å². The minimum absolute atomic E-state index is 0.194. The first kappa shape index (κ1) is 10.9. The first-order valence-corrected chi connectivity index (χ1v) is 5.77. The normalized spacial score (nSPS) is 13.0. The molecule has 18 heavy (non-hydrogen) atoms. The lowest BCUT2D eigenvalue weighted by atomic mass is 10.2. The van der Waals surface area contributed by atoms with Gasteiger partial charge < -0.3 is 15.7 Å². The van der Waals surface area contributed by atoms with Crippen molar-refractivity contribution in [3.63, 3.8) is 0 Å². The van der Waals surface area contributed by atoms with E-state index in [1.165, 1.54) is 0 Å². The van der Waals surface area contributed by atoms with Crippen LogP contribution in [0.5, 0.6) is 0 Å². The predicted molar refractivity (Wildman–Crippen MR) is 67.8 cm³/mol. The van der Waals surface area contributed by atoms with Crippen LogP contribution in [0.3, 0.4) is 0 Å². The van der Waals surface area contributed by atoms with Crippen molar-refractivity contribution in [1.29, 1.82) is 0 Å². The van der Waals surface area contributed by atoms with Gasteiger partial charge in [0.1, 0.15) is 5.82 Å². The molecule has 6 nitrogen and oxygen atoms in total. The highest BCUT2D eigenvalue weighted by Gasteiger charge is 2.13. The first-order valence-electron chi connectivity index (χ1n) is 5.77. The fraction of sp³-hybridized carbons (Fsp3) is 0.250. The molecule has 4 N–H and O–H groups in total. The fourth-order valence-electron chi connectivity index (χ4n) is 1.93. The lowest BCUT2D eigenvalue weighted by molar-refractivity contribution is 0.670. The second-order valence-corrected chi connectivity index (χ2v) is 4.39. The molecule has 6 heteroatoms. The smallest absolute Gasteiger partial charge is 0.177 e. The van der Waals surface area contributed by atoms with Crippen molar-refractivity contribution in [1.82, 2.24) is 24.9 Å².